The molecule has 0 bridgehead atoms. The fourth-order valence-electron chi connectivity index (χ4n) is 2.42. The third-order valence-corrected chi connectivity index (χ3v) is 6.37. The van der Waals surface area contributed by atoms with Crippen molar-refractivity contribution in [3.05, 3.63) is 54.6 Å². The first-order valence-corrected chi connectivity index (χ1v) is 9.92. The number of anilines is 1. The maximum atomic E-state index is 6.14. The van der Waals surface area contributed by atoms with Crippen LogP contribution in [0.15, 0.2) is 54.6 Å². The highest BCUT2D eigenvalue weighted by atomic mass is 28.4. The lowest BCUT2D eigenvalue weighted by Gasteiger charge is -2.30. The zero-order chi connectivity index (χ0) is 18.1. The van der Waals surface area contributed by atoms with E-state index >= 15 is 0 Å². The van der Waals surface area contributed by atoms with E-state index in [-0.39, 0.29) is 0 Å². The van der Waals surface area contributed by atoms with Crippen LogP contribution in [0.1, 0.15) is 6.92 Å². The van der Waals surface area contributed by atoms with Gasteiger partial charge in [0.2, 0.25) is 0 Å². The van der Waals surface area contributed by atoms with E-state index in [1.165, 1.54) is 0 Å². The molecule has 1 unspecified atom stereocenters. The molecule has 0 aromatic heterocycles. The molecule has 0 fully saturated rings. The number of nitrogens with one attached hydrogen (secondary N) is 1. The van der Waals surface area contributed by atoms with Crippen molar-refractivity contribution in [2.75, 3.05) is 32.7 Å². The lowest BCUT2D eigenvalue weighted by Crippen LogP contribution is -2.59. The van der Waals surface area contributed by atoms with Gasteiger partial charge in [-0.3, -0.25) is 0 Å². The predicted octanol–water partition coefficient (Wildman–Crippen LogP) is 1.94. The summed E-state index contributed by atoms with van der Waals surface area (Å²) in [6.07, 6.45) is -0.585. The molecule has 6 nitrogen and oxygen atoms in total. The van der Waals surface area contributed by atoms with Crippen LogP contribution in [0.4, 0.5) is 5.69 Å². The fourth-order valence-corrected chi connectivity index (χ4v) is 4.44. The summed E-state index contributed by atoms with van der Waals surface area (Å²) in [6, 6.07) is 17.3. The Labute approximate surface area is 150 Å². The summed E-state index contributed by atoms with van der Waals surface area (Å²) in [5.41, 5.74) is 7.12. The van der Waals surface area contributed by atoms with Crippen LogP contribution in [0.3, 0.4) is 0 Å². The molecule has 0 aliphatic heterocycles. The van der Waals surface area contributed by atoms with E-state index in [2.05, 4.69) is 5.32 Å². The first-order valence-electron chi connectivity index (χ1n) is 8.19. The molecule has 3 N–H and O–H groups in total. The smallest absolute Gasteiger partial charge is 0.494 e. The zero-order valence-electron chi connectivity index (χ0n) is 14.9. The molecule has 2 rings (SSSR count). The Morgan fingerprint density at radius 2 is 1.64 bits per heavy atom. The monoisotopic (exact) mass is 362 g/mol. The van der Waals surface area contributed by atoms with Crippen molar-refractivity contribution in [1.82, 2.24) is 0 Å². The van der Waals surface area contributed by atoms with Gasteiger partial charge in [0.25, 0.3) is 0 Å². The lowest BCUT2D eigenvalue weighted by atomic mass is 10.3. The maximum absolute atomic E-state index is 6.14. The van der Waals surface area contributed by atoms with Crippen LogP contribution in [0.25, 0.3) is 0 Å². The second kappa shape index (κ2) is 9.55. The molecular formula is C18H26N2O4Si. The molecule has 0 saturated heterocycles. The molecule has 2 aromatic carbocycles. The van der Waals surface area contributed by atoms with E-state index in [0.29, 0.717) is 13.2 Å². The summed E-state index contributed by atoms with van der Waals surface area (Å²) in [5, 5.41) is 4.06. The standard InChI is InChI=1S/C18H26N2O4Si/c1-4-23-16-10-12-17(13-11-16)25(21-2,22-3)24-18(19)14-20-15-8-6-5-7-9-15/h5-13,18,20H,4,14,19H2,1-3H3. The van der Waals surface area contributed by atoms with Gasteiger partial charge in [0.15, 0.2) is 0 Å². The largest absolute Gasteiger partial charge is 0.537 e. The highest BCUT2D eigenvalue weighted by Gasteiger charge is 2.43. The van der Waals surface area contributed by atoms with Crippen molar-refractivity contribution in [3.8, 4) is 5.75 Å². The van der Waals surface area contributed by atoms with Crippen LogP contribution in [0.5, 0.6) is 5.75 Å². The Hall–Kier alpha value is -1.90. The summed E-state index contributed by atoms with van der Waals surface area (Å²) in [7, 11) is 0.0586. The third kappa shape index (κ3) is 5.28. The minimum atomic E-state index is -3.09. The zero-order valence-corrected chi connectivity index (χ0v) is 15.9. The molecule has 136 valence electrons. The summed E-state index contributed by atoms with van der Waals surface area (Å²) in [5.74, 6) is 0.788. The van der Waals surface area contributed by atoms with E-state index in [1.54, 1.807) is 14.2 Å². The molecule has 2 aromatic rings. The topological polar surface area (TPSA) is 75.0 Å². The summed E-state index contributed by atoms with van der Waals surface area (Å²) >= 11 is 0. The van der Waals surface area contributed by atoms with Crippen molar-refractivity contribution in [2.45, 2.75) is 13.2 Å². The van der Waals surface area contributed by atoms with Gasteiger partial charge >= 0.3 is 8.80 Å². The van der Waals surface area contributed by atoms with Crippen molar-refractivity contribution in [2.24, 2.45) is 5.73 Å². The van der Waals surface area contributed by atoms with E-state index < -0.39 is 15.0 Å². The van der Waals surface area contributed by atoms with Crippen LogP contribution in [0, 0.1) is 0 Å². The molecule has 7 heteroatoms. The quantitative estimate of drug-likeness (QED) is 0.497. The molecule has 0 saturated carbocycles. The van der Waals surface area contributed by atoms with Gasteiger partial charge in [-0.05, 0) is 31.2 Å². The van der Waals surface area contributed by atoms with Gasteiger partial charge in [0.1, 0.15) is 12.0 Å². The maximum Gasteiger partial charge on any atom is 0.537 e. The van der Waals surface area contributed by atoms with Gasteiger partial charge in [-0.15, -0.1) is 0 Å². The molecule has 0 amide bonds. The normalized spacial score (nSPS) is 12.6. The Balaban J connectivity index is 2.04. The molecule has 0 aliphatic rings. The van der Waals surface area contributed by atoms with Crippen LogP contribution in [-0.4, -0.2) is 42.4 Å². The van der Waals surface area contributed by atoms with Gasteiger partial charge in [0.05, 0.1) is 13.2 Å². The number of nitrogens with two attached hydrogens (primary N) is 1. The Bertz CT molecular complexity index is 621. The molecule has 0 heterocycles. The molecule has 25 heavy (non-hydrogen) atoms. The minimum absolute atomic E-state index is 0.433. The molecule has 1 atom stereocenters. The van der Waals surface area contributed by atoms with Crippen molar-refractivity contribution >= 4 is 19.7 Å². The number of rotatable bonds is 10. The van der Waals surface area contributed by atoms with Crippen LogP contribution in [-0.2, 0) is 13.3 Å². The van der Waals surface area contributed by atoms with E-state index in [4.69, 9.17) is 23.7 Å². The van der Waals surface area contributed by atoms with Crippen LogP contribution in [0.2, 0.25) is 0 Å². The van der Waals surface area contributed by atoms with E-state index in [0.717, 1.165) is 16.6 Å². The predicted molar refractivity (Wildman–Crippen MR) is 101 cm³/mol. The van der Waals surface area contributed by atoms with Crippen molar-refractivity contribution < 1.29 is 18.0 Å². The Kier molecular flexibility index (Phi) is 7.42. The fraction of sp³-hybridized carbons (Fsp3) is 0.333. The molecule has 0 spiro atoms. The second-order valence-electron chi connectivity index (χ2n) is 5.33. The van der Waals surface area contributed by atoms with Gasteiger partial charge in [0, 0.05) is 25.1 Å². The highest BCUT2D eigenvalue weighted by Crippen LogP contribution is 2.14. The van der Waals surface area contributed by atoms with Crippen LogP contribution < -0.4 is 21.0 Å². The van der Waals surface area contributed by atoms with Gasteiger partial charge in [-0.1, -0.05) is 30.3 Å². The summed E-state index contributed by atoms with van der Waals surface area (Å²) in [4.78, 5) is 0. The van der Waals surface area contributed by atoms with Gasteiger partial charge in [-0.25, -0.2) is 0 Å². The average Bonchev–Trinajstić information content (AvgIpc) is 2.66. The number of hydrogen-bond donors (Lipinski definition) is 2. The van der Waals surface area contributed by atoms with Gasteiger partial charge in [-0.2, -0.15) is 0 Å². The van der Waals surface area contributed by atoms with Crippen molar-refractivity contribution in [1.29, 1.82) is 0 Å². The van der Waals surface area contributed by atoms with Crippen LogP contribution >= 0.6 is 0 Å². The average molecular weight is 363 g/mol. The van der Waals surface area contributed by atoms with E-state index in [1.807, 2.05) is 61.5 Å². The Morgan fingerprint density at radius 1 is 1.00 bits per heavy atom. The molecule has 0 aliphatic carbocycles. The van der Waals surface area contributed by atoms with Gasteiger partial charge < -0.3 is 29.1 Å². The molecule has 0 radical (unpaired) electrons. The Morgan fingerprint density at radius 3 is 2.20 bits per heavy atom. The van der Waals surface area contributed by atoms with E-state index in [9.17, 15) is 0 Å². The number of hydrogen-bond acceptors (Lipinski definition) is 6. The lowest BCUT2D eigenvalue weighted by molar-refractivity contribution is 0.0761. The minimum Gasteiger partial charge on any atom is -0.494 e. The SMILES string of the molecule is CCOc1ccc([Si](OC)(OC)OC(N)CNc2ccccc2)cc1. The van der Waals surface area contributed by atoms with Crippen molar-refractivity contribution in [3.63, 3.8) is 0 Å². The number of ether oxygens (including phenoxy) is 1. The molecular weight excluding hydrogens is 336 g/mol. The highest BCUT2D eigenvalue weighted by molar-refractivity contribution is 6.75. The summed E-state index contributed by atoms with van der Waals surface area (Å²) < 4.78 is 22.8. The second-order valence-corrected chi connectivity index (χ2v) is 8.07. The number of para-hydroxylation sites is 1. The number of benzene rings is 2. The third-order valence-electron chi connectivity index (χ3n) is 3.64. The first-order chi connectivity index (χ1) is 12.1. The summed E-state index contributed by atoms with van der Waals surface area (Å²) in [6.45, 7) is 2.99. The first kappa shape index (κ1) is 19.4.